The highest BCUT2D eigenvalue weighted by molar-refractivity contribution is 5.73. The molecule has 23 heavy (non-hydrogen) atoms. The lowest BCUT2D eigenvalue weighted by atomic mass is 10.2. The van der Waals surface area contributed by atoms with Crippen LogP contribution in [0.25, 0.3) is 11.0 Å². The number of imidazole rings is 1. The first kappa shape index (κ1) is 15.4. The molecule has 0 bridgehead atoms. The van der Waals surface area contributed by atoms with Crippen LogP contribution in [0.1, 0.15) is 5.56 Å². The number of nitrogens with two attached hydrogens (primary N) is 1. The molecular formula is C18H22N3O2+. The third-order valence-electron chi connectivity index (χ3n) is 4.01. The van der Waals surface area contributed by atoms with E-state index < -0.39 is 6.10 Å². The molecule has 0 radical (unpaired) electrons. The number of anilines is 1. The first-order valence-corrected chi connectivity index (χ1v) is 7.66. The lowest BCUT2D eigenvalue weighted by Gasteiger charge is -2.12. The first-order chi connectivity index (χ1) is 11.1. The number of nitrogen functional groups attached to an aromatic ring is 1. The van der Waals surface area contributed by atoms with Crippen molar-refractivity contribution >= 4 is 17.0 Å². The number of rotatable bonds is 5. The predicted molar refractivity (Wildman–Crippen MR) is 90.2 cm³/mol. The van der Waals surface area contributed by atoms with E-state index >= 15 is 0 Å². The molecule has 0 saturated carbocycles. The molecule has 1 aromatic heterocycles. The largest absolute Gasteiger partial charge is 0.491 e. The van der Waals surface area contributed by atoms with E-state index in [1.165, 1.54) is 5.56 Å². The number of aliphatic hydroxyl groups is 1. The van der Waals surface area contributed by atoms with Crippen molar-refractivity contribution in [1.82, 2.24) is 4.57 Å². The van der Waals surface area contributed by atoms with Gasteiger partial charge in [-0.2, -0.15) is 0 Å². The minimum absolute atomic E-state index is 0.221. The Bertz CT molecular complexity index is 809. The number of aryl methyl sites for hydroxylation is 2. The first-order valence-electron chi connectivity index (χ1n) is 7.66. The predicted octanol–water partition coefficient (Wildman–Crippen LogP) is 1.80. The smallest absolute Gasteiger partial charge is 0.355 e. The molecule has 0 amide bonds. The summed E-state index contributed by atoms with van der Waals surface area (Å²) in [7, 11) is 1.92. The van der Waals surface area contributed by atoms with Crippen molar-refractivity contribution in [2.24, 2.45) is 7.05 Å². The standard InChI is InChI=1S/C18H21N3O2/c1-13-7-9-15(10-8-13)23-12-14(22)11-21-17-6-4-3-5-16(17)20(2)18(21)19/h3-10,14,19,22H,11-12H2,1-2H3/p+1/t14-/m1/s1. The van der Waals surface area contributed by atoms with Crippen LogP contribution in [-0.2, 0) is 13.6 Å². The number of nitrogens with zero attached hydrogens (tertiary/aromatic N) is 2. The Labute approximate surface area is 135 Å². The van der Waals surface area contributed by atoms with Gasteiger partial charge in [0.1, 0.15) is 36.0 Å². The van der Waals surface area contributed by atoms with Crippen molar-refractivity contribution in [3.63, 3.8) is 0 Å². The summed E-state index contributed by atoms with van der Waals surface area (Å²) >= 11 is 0. The maximum absolute atomic E-state index is 10.3. The highest BCUT2D eigenvalue weighted by atomic mass is 16.5. The summed E-state index contributed by atoms with van der Waals surface area (Å²) in [5, 5.41) is 10.3. The van der Waals surface area contributed by atoms with Crippen LogP contribution in [0.2, 0.25) is 0 Å². The number of benzene rings is 2. The molecular weight excluding hydrogens is 290 g/mol. The SMILES string of the molecule is Cc1ccc(OC[C@H](O)Cn2c(N)[n+](C)c3ccccc32)cc1. The van der Waals surface area contributed by atoms with Gasteiger partial charge in [-0.15, -0.1) is 0 Å². The molecule has 3 N–H and O–H groups in total. The van der Waals surface area contributed by atoms with Gasteiger partial charge < -0.3 is 9.84 Å². The maximum Gasteiger partial charge on any atom is 0.355 e. The van der Waals surface area contributed by atoms with Crippen molar-refractivity contribution in [3.05, 3.63) is 54.1 Å². The summed E-state index contributed by atoms with van der Waals surface area (Å²) in [6, 6.07) is 15.7. The van der Waals surface area contributed by atoms with Gasteiger partial charge >= 0.3 is 5.95 Å². The Kier molecular flexibility index (Phi) is 4.21. The lowest BCUT2D eigenvalue weighted by molar-refractivity contribution is -0.630. The number of para-hydroxylation sites is 2. The van der Waals surface area contributed by atoms with E-state index in [9.17, 15) is 5.11 Å². The van der Waals surface area contributed by atoms with Gasteiger partial charge in [0, 0.05) is 0 Å². The van der Waals surface area contributed by atoms with E-state index in [-0.39, 0.29) is 6.61 Å². The second-order valence-corrected chi connectivity index (χ2v) is 5.79. The lowest BCUT2D eigenvalue weighted by Crippen LogP contribution is -2.32. The third-order valence-corrected chi connectivity index (χ3v) is 4.01. The fourth-order valence-corrected chi connectivity index (χ4v) is 2.69. The summed E-state index contributed by atoms with van der Waals surface area (Å²) in [5.41, 5.74) is 9.38. The van der Waals surface area contributed by atoms with Crippen LogP contribution < -0.4 is 15.0 Å². The molecule has 0 saturated heterocycles. The Morgan fingerprint density at radius 3 is 2.61 bits per heavy atom. The molecule has 0 aliphatic carbocycles. The molecule has 0 fully saturated rings. The Morgan fingerprint density at radius 2 is 1.87 bits per heavy atom. The average molecular weight is 312 g/mol. The molecule has 120 valence electrons. The molecule has 0 aliphatic rings. The van der Waals surface area contributed by atoms with Crippen molar-refractivity contribution < 1.29 is 14.4 Å². The number of hydrogen-bond donors (Lipinski definition) is 2. The van der Waals surface area contributed by atoms with E-state index in [4.69, 9.17) is 10.5 Å². The summed E-state index contributed by atoms with van der Waals surface area (Å²) in [5.74, 6) is 1.37. The van der Waals surface area contributed by atoms with Gasteiger partial charge in [0.25, 0.3) is 0 Å². The number of fused-ring (bicyclic) bond motifs is 1. The van der Waals surface area contributed by atoms with Crippen LogP contribution in [0.15, 0.2) is 48.5 Å². The zero-order valence-electron chi connectivity index (χ0n) is 13.4. The minimum atomic E-state index is -0.644. The summed E-state index contributed by atoms with van der Waals surface area (Å²) in [4.78, 5) is 0. The molecule has 0 unspecified atom stereocenters. The van der Waals surface area contributed by atoms with Crippen LogP contribution in [0.4, 0.5) is 5.95 Å². The molecule has 1 heterocycles. The molecule has 2 aromatic carbocycles. The van der Waals surface area contributed by atoms with Crippen LogP contribution in [-0.4, -0.2) is 22.4 Å². The normalized spacial score (nSPS) is 12.5. The Hall–Kier alpha value is -2.53. The van der Waals surface area contributed by atoms with Crippen molar-refractivity contribution in [2.45, 2.75) is 19.6 Å². The number of aliphatic hydroxyl groups excluding tert-OH is 1. The second-order valence-electron chi connectivity index (χ2n) is 5.79. The second kappa shape index (κ2) is 6.30. The third kappa shape index (κ3) is 3.14. The van der Waals surface area contributed by atoms with Crippen LogP contribution in [0.3, 0.4) is 0 Å². The Balaban J connectivity index is 1.72. The average Bonchev–Trinajstić information content (AvgIpc) is 2.80. The zero-order valence-corrected chi connectivity index (χ0v) is 13.4. The molecule has 3 aromatic rings. The Morgan fingerprint density at radius 1 is 1.17 bits per heavy atom. The topological polar surface area (TPSA) is 64.3 Å². The summed E-state index contributed by atoms with van der Waals surface area (Å²) in [6.07, 6.45) is -0.644. The van der Waals surface area contributed by atoms with E-state index in [0.717, 1.165) is 16.8 Å². The molecule has 5 nitrogen and oxygen atoms in total. The minimum Gasteiger partial charge on any atom is -0.491 e. The van der Waals surface area contributed by atoms with Gasteiger partial charge in [-0.25, -0.2) is 9.13 Å². The van der Waals surface area contributed by atoms with Gasteiger partial charge in [0.2, 0.25) is 0 Å². The van der Waals surface area contributed by atoms with E-state index in [1.54, 1.807) is 0 Å². The number of aromatic nitrogens is 2. The van der Waals surface area contributed by atoms with Gasteiger partial charge in [0.05, 0.1) is 7.05 Å². The van der Waals surface area contributed by atoms with Gasteiger partial charge in [-0.1, -0.05) is 29.8 Å². The quantitative estimate of drug-likeness (QED) is 0.706. The van der Waals surface area contributed by atoms with Crippen LogP contribution in [0.5, 0.6) is 5.75 Å². The summed E-state index contributed by atoms with van der Waals surface area (Å²) < 4.78 is 9.48. The molecule has 0 aliphatic heterocycles. The van der Waals surface area contributed by atoms with Crippen molar-refractivity contribution in [3.8, 4) is 5.75 Å². The van der Waals surface area contributed by atoms with E-state index in [0.29, 0.717) is 12.5 Å². The monoisotopic (exact) mass is 312 g/mol. The molecule has 0 spiro atoms. The van der Waals surface area contributed by atoms with Crippen molar-refractivity contribution in [2.75, 3.05) is 12.3 Å². The van der Waals surface area contributed by atoms with Gasteiger partial charge in [0.15, 0.2) is 0 Å². The summed E-state index contributed by atoms with van der Waals surface area (Å²) in [6.45, 7) is 2.64. The molecule has 3 rings (SSSR count). The van der Waals surface area contributed by atoms with E-state index in [1.807, 2.05) is 71.6 Å². The van der Waals surface area contributed by atoms with Crippen LogP contribution in [0, 0.1) is 6.92 Å². The molecule has 5 heteroatoms. The van der Waals surface area contributed by atoms with Gasteiger partial charge in [-0.05, 0) is 31.2 Å². The maximum atomic E-state index is 10.3. The zero-order chi connectivity index (χ0) is 16.4. The molecule has 1 atom stereocenters. The van der Waals surface area contributed by atoms with Crippen molar-refractivity contribution in [1.29, 1.82) is 0 Å². The van der Waals surface area contributed by atoms with Gasteiger partial charge in [-0.3, -0.25) is 5.73 Å². The number of hydrogen-bond acceptors (Lipinski definition) is 3. The highest BCUT2D eigenvalue weighted by Crippen LogP contribution is 2.16. The van der Waals surface area contributed by atoms with E-state index in [2.05, 4.69) is 0 Å². The van der Waals surface area contributed by atoms with Crippen LogP contribution >= 0.6 is 0 Å². The fourth-order valence-electron chi connectivity index (χ4n) is 2.69. The number of ether oxygens (including phenoxy) is 1. The highest BCUT2D eigenvalue weighted by Gasteiger charge is 2.20. The fraction of sp³-hybridized carbons (Fsp3) is 0.278.